The van der Waals surface area contributed by atoms with E-state index in [-0.39, 0.29) is 11.8 Å². The Labute approximate surface area is 147 Å². The van der Waals surface area contributed by atoms with Crippen LogP contribution >= 0.6 is 11.6 Å². The van der Waals surface area contributed by atoms with E-state index in [2.05, 4.69) is 11.5 Å². The van der Waals surface area contributed by atoms with Gasteiger partial charge >= 0.3 is 0 Å². The van der Waals surface area contributed by atoms with Gasteiger partial charge in [-0.15, -0.1) is 6.58 Å². The molecule has 0 atom stereocenters. The Morgan fingerprint density at radius 3 is 2.38 bits per heavy atom. The molecule has 2 aliphatic rings. The fourth-order valence-electron chi connectivity index (χ4n) is 3.41. The molecule has 0 radical (unpaired) electrons. The van der Waals surface area contributed by atoms with E-state index in [1.54, 1.807) is 18.2 Å². The fraction of sp³-hybridized carbons (Fsp3) is 0.368. The van der Waals surface area contributed by atoms with Crippen LogP contribution in [0, 0.1) is 0 Å². The number of benzene rings is 1. The van der Waals surface area contributed by atoms with Crippen LogP contribution in [0.1, 0.15) is 32.6 Å². The van der Waals surface area contributed by atoms with Crippen LogP contribution in [0.5, 0.6) is 0 Å². The lowest BCUT2D eigenvalue weighted by atomic mass is 9.93. The minimum Gasteiger partial charge on any atom is -0.367 e. The molecular formula is C19H21ClN2O2. The molecular weight excluding hydrogens is 324 g/mol. The summed E-state index contributed by atoms with van der Waals surface area (Å²) in [7, 11) is 0. The van der Waals surface area contributed by atoms with Crippen molar-refractivity contribution in [2.75, 3.05) is 22.9 Å². The molecule has 0 bridgehead atoms. The van der Waals surface area contributed by atoms with Crippen molar-refractivity contribution in [1.82, 2.24) is 0 Å². The molecule has 0 saturated carbocycles. The second-order valence-electron chi connectivity index (χ2n) is 6.07. The van der Waals surface area contributed by atoms with Crippen molar-refractivity contribution >= 4 is 34.8 Å². The van der Waals surface area contributed by atoms with E-state index in [1.807, 2.05) is 13.0 Å². The number of carbonyl (C=O) groups is 2. The first-order chi connectivity index (χ1) is 11.6. The molecule has 0 N–H and O–H groups in total. The van der Waals surface area contributed by atoms with Crippen LogP contribution in [-0.2, 0) is 9.59 Å². The van der Waals surface area contributed by atoms with Gasteiger partial charge in [0.1, 0.15) is 0 Å². The van der Waals surface area contributed by atoms with E-state index >= 15 is 0 Å². The lowest BCUT2D eigenvalue weighted by Crippen LogP contribution is -2.32. The summed E-state index contributed by atoms with van der Waals surface area (Å²) < 4.78 is 0. The summed E-state index contributed by atoms with van der Waals surface area (Å²) in [5, 5.41) is 0.597. The first kappa shape index (κ1) is 16.8. The largest absolute Gasteiger partial charge is 0.367 e. The Bertz CT molecular complexity index is 711. The lowest BCUT2D eigenvalue weighted by molar-refractivity contribution is -0.120. The zero-order chi connectivity index (χ0) is 17.3. The van der Waals surface area contributed by atoms with Crippen LogP contribution in [0.25, 0.3) is 0 Å². The predicted molar refractivity (Wildman–Crippen MR) is 97.5 cm³/mol. The highest BCUT2D eigenvalue weighted by molar-refractivity contribution is 6.35. The summed E-state index contributed by atoms with van der Waals surface area (Å²) in [4.78, 5) is 28.7. The maximum atomic E-state index is 12.7. The molecule has 0 aromatic heterocycles. The summed E-state index contributed by atoms with van der Waals surface area (Å²) in [6, 6.07) is 5.31. The number of halogens is 1. The molecule has 1 aliphatic carbocycles. The third-order valence-corrected chi connectivity index (χ3v) is 4.97. The van der Waals surface area contributed by atoms with Gasteiger partial charge in [-0.25, -0.2) is 4.90 Å². The Hall–Kier alpha value is -2.07. The minimum absolute atomic E-state index is 0.172. The van der Waals surface area contributed by atoms with Gasteiger partial charge in [0, 0.05) is 24.2 Å². The summed E-state index contributed by atoms with van der Waals surface area (Å²) >= 11 is 6.33. The summed E-state index contributed by atoms with van der Waals surface area (Å²) in [6.45, 7) is 7.20. The molecule has 126 valence electrons. The van der Waals surface area contributed by atoms with Gasteiger partial charge in [-0.05, 0) is 50.8 Å². The van der Waals surface area contributed by atoms with Crippen LogP contribution in [0.3, 0.4) is 0 Å². The number of hydrogen-bond acceptors (Lipinski definition) is 3. The average molecular weight is 345 g/mol. The van der Waals surface area contributed by atoms with E-state index in [0.717, 1.165) is 25.1 Å². The Morgan fingerprint density at radius 1 is 1.21 bits per heavy atom. The highest BCUT2D eigenvalue weighted by Crippen LogP contribution is 2.38. The van der Waals surface area contributed by atoms with E-state index < -0.39 is 0 Å². The molecule has 3 rings (SSSR count). The van der Waals surface area contributed by atoms with E-state index in [4.69, 9.17) is 11.6 Å². The van der Waals surface area contributed by atoms with Gasteiger partial charge in [0.05, 0.1) is 16.4 Å². The molecule has 24 heavy (non-hydrogen) atoms. The first-order valence-electron chi connectivity index (χ1n) is 8.34. The zero-order valence-electron chi connectivity index (χ0n) is 13.8. The Balaban J connectivity index is 1.97. The molecule has 1 aliphatic heterocycles. The third-order valence-electron chi connectivity index (χ3n) is 4.65. The lowest BCUT2D eigenvalue weighted by Gasteiger charge is -2.24. The average Bonchev–Trinajstić information content (AvgIpc) is 2.85. The Kier molecular flexibility index (Phi) is 4.76. The number of likely N-dealkylation sites (N-methyl/N-ethyl adjacent to an activating group) is 1. The van der Waals surface area contributed by atoms with Crippen molar-refractivity contribution in [3.63, 3.8) is 0 Å². The normalized spacial score (nSPS) is 17.3. The monoisotopic (exact) mass is 344 g/mol. The van der Waals surface area contributed by atoms with Gasteiger partial charge in [0.15, 0.2) is 0 Å². The highest BCUT2D eigenvalue weighted by Gasteiger charge is 2.39. The quantitative estimate of drug-likeness (QED) is 0.596. The molecule has 0 spiro atoms. The van der Waals surface area contributed by atoms with Gasteiger partial charge in [-0.3, -0.25) is 9.59 Å². The number of carbonyl (C=O) groups excluding carboxylic acids is 2. The topological polar surface area (TPSA) is 40.6 Å². The van der Waals surface area contributed by atoms with Gasteiger partial charge in [-0.1, -0.05) is 17.7 Å². The number of imide groups is 1. The summed E-state index contributed by atoms with van der Waals surface area (Å²) in [5.74, 6) is -0.343. The molecule has 0 saturated heterocycles. The number of amides is 2. The predicted octanol–water partition coefficient (Wildman–Crippen LogP) is 4.10. The highest BCUT2D eigenvalue weighted by atomic mass is 35.5. The van der Waals surface area contributed by atoms with Gasteiger partial charge in [0.2, 0.25) is 0 Å². The standard InChI is InChI=1S/C19H21ClN2O2/c1-3-11-21(4-2)17-12-13(9-10-16(17)20)22-18(23)14-7-5-6-8-15(14)19(22)24/h3,9-10,12H,1,4-8,11H2,2H3. The first-order valence-corrected chi connectivity index (χ1v) is 8.72. The summed E-state index contributed by atoms with van der Waals surface area (Å²) in [5.41, 5.74) is 2.78. The minimum atomic E-state index is -0.172. The van der Waals surface area contributed by atoms with Crippen LogP contribution in [0.4, 0.5) is 11.4 Å². The molecule has 0 fully saturated rings. The smallest absolute Gasteiger partial charge is 0.261 e. The number of rotatable bonds is 5. The number of hydrogen-bond donors (Lipinski definition) is 0. The van der Waals surface area contributed by atoms with E-state index in [0.29, 0.717) is 41.2 Å². The van der Waals surface area contributed by atoms with Crippen molar-refractivity contribution < 1.29 is 9.59 Å². The van der Waals surface area contributed by atoms with Gasteiger partial charge in [0.25, 0.3) is 11.8 Å². The van der Waals surface area contributed by atoms with Crippen molar-refractivity contribution in [3.8, 4) is 0 Å². The van der Waals surface area contributed by atoms with Gasteiger partial charge < -0.3 is 4.90 Å². The third kappa shape index (κ3) is 2.75. The van der Waals surface area contributed by atoms with Crippen LogP contribution in [0.15, 0.2) is 42.0 Å². The van der Waals surface area contributed by atoms with Crippen LogP contribution in [-0.4, -0.2) is 24.9 Å². The molecule has 1 aromatic rings. The van der Waals surface area contributed by atoms with E-state index in [1.165, 1.54) is 4.90 Å². The molecule has 1 heterocycles. The van der Waals surface area contributed by atoms with Crippen molar-refractivity contribution in [2.45, 2.75) is 32.6 Å². The van der Waals surface area contributed by atoms with Crippen LogP contribution < -0.4 is 9.80 Å². The van der Waals surface area contributed by atoms with Crippen molar-refractivity contribution in [3.05, 3.63) is 47.0 Å². The fourth-order valence-corrected chi connectivity index (χ4v) is 3.65. The summed E-state index contributed by atoms with van der Waals surface area (Å²) in [6.07, 6.45) is 5.16. The van der Waals surface area contributed by atoms with Gasteiger partial charge in [-0.2, -0.15) is 0 Å². The second-order valence-corrected chi connectivity index (χ2v) is 6.48. The molecule has 1 aromatic carbocycles. The zero-order valence-corrected chi connectivity index (χ0v) is 14.6. The molecule has 5 heteroatoms. The maximum Gasteiger partial charge on any atom is 0.261 e. The molecule has 4 nitrogen and oxygen atoms in total. The molecule has 0 unspecified atom stereocenters. The second kappa shape index (κ2) is 6.81. The van der Waals surface area contributed by atoms with Crippen LogP contribution in [0.2, 0.25) is 5.02 Å². The SMILES string of the molecule is C=CCN(CC)c1cc(N2C(=O)C3=C(CCCC3)C2=O)ccc1Cl. The molecule has 2 amide bonds. The van der Waals surface area contributed by atoms with E-state index in [9.17, 15) is 9.59 Å². The number of anilines is 2. The Morgan fingerprint density at radius 2 is 1.83 bits per heavy atom. The number of nitrogens with zero attached hydrogens (tertiary/aromatic N) is 2. The maximum absolute atomic E-state index is 12.7. The van der Waals surface area contributed by atoms with Crippen molar-refractivity contribution in [1.29, 1.82) is 0 Å². The van der Waals surface area contributed by atoms with Crippen molar-refractivity contribution in [2.24, 2.45) is 0 Å².